The Bertz CT molecular complexity index is 740. The maximum Gasteiger partial charge on any atom is 0.413 e. The van der Waals surface area contributed by atoms with E-state index in [1.54, 1.807) is 6.92 Å². The number of fused-ring (bicyclic) bond motifs is 1. The fraction of sp³-hybridized carbons (Fsp3) is 0.182. The molecule has 0 fully saturated rings. The highest BCUT2D eigenvalue weighted by atomic mass is 79.9. The SMILES string of the molecule is CCNC(=O)Oc1nc(Cl)nc2cc([N+](=O)[O-])c(Br)cc12. The number of nitrogens with one attached hydrogen (secondary N) is 1. The summed E-state index contributed by atoms with van der Waals surface area (Å²) in [6.45, 7) is 2.11. The Balaban J connectivity index is 2.58. The summed E-state index contributed by atoms with van der Waals surface area (Å²) in [5.41, 5.74) is 0.0189. The van der Waals surface area contributed by atoms with Gasteiger partial charge in [-0.25, -0.2) is 9.78 Å². The molecular weight excluding hydrogens is 368 g/mol. The van der Waals surface area contributed by atoms with E-state index in [1.165, 1.54) is 12.1 Å². The van der Waals surface area contributed by atoms with Crippen molar-refractivity contribution < 1.29 is 14.5 Å². The van der Waals surface area contributed by atoms with Crippen molar-refractivity contribution >= 4 is 50.2 Å². The van der Waals surface area contributed by atoms with Crippen molar-refractivity contribution in [3.8, 4) is 5.88 Å². The fourth-order valence-corrected chi connectivity index (χ4v) is 2.22. The van der Waals surface area contributed by atoms with Crippen LogP contribution in [0.15, 0.2) is 16.6 Å². The molecule has 21 heavy (non-hydrogen) atoms. The first-order valence-corrected chi connectivity index (χ1v) is 6.86. The molecule has 1 amide bonds. The second-order valence-electron chi connectivity index (χ2n) is 3.80. The lowest BCUT2D eigenvalue weighted by Crippen LogP contribution is -2.26. The van der Waals surface area contributed by atoms with Crippen molar-refractivity contribution in [2.45, 2.75) is 6.92 Å². The third-order valence-electron chi connectivity index (χ3n) is 2.41. The van der Waals surface area contributed by atoms with E-state index in [4.69, 9.17) is 16.3 Å². The molecule has 0 aliphatic heterocycles. The molecule has 0 aliphatic rings. The van der Waals surface area contributed by atoms with Crippen molar-refractivity contribution in [3.63, 3.8) is 0 Å². The summed E-state index contributed by atoms with van der Waals surface area (Å²) in [5.74, 6) is -0.0773. The number of nitrogens with zero attached hydrogens (tertiary/aromatic N) is 3. The molecule has 0 saturated carbocycles. The summed E-state index contributed by atoms with van der Waals surface area (Å²) in [7, 11) is 0. The first kappa shape index (κ1) is 15.4. The summed E-state index contributed by atoms with van der Waals surface area (Å²) in [6.07, 6.45) is -0.706. The van der Waals surface area contributed by atoms with E-state index in [0.29, 0.717) is 11.9 Å². The van der Waals surface area contributed by atoms with Gasteiger partial charge in [0.1, 0.15) is 0 Å². The van der Waals surface area contributed by atoms with E-state index in [0.717, 1.165) is 0 Å². The minimum Gasteiger partial charge on any atom is -0.390 e. The molecule has 0 saturated heterocycles. The van der Waals surface area contributed by atoms with E-state index in [1.807, 2.05) is 0 Å². The predicted molar refractivity (Wildman–Crippen MR) is 78.6 cm³/mol. The zero-order chi connectivity index (χ0) is 15.6. The van der Waals surface area contributed by atoms with Gasteiger partial charge in [0.2, 0.25) is 11.2 Å². The molecular formula is C11H8BrClN4O4. The number of rotatable bonds is 3. The molecule has 0 atom stereocenters. The van der Waals surface area contributed by atoms with Crippen LogP contribution in [-0.4, -0.2) is 27.5 Å². The number of ether oxygens (including phenoxy) is 1. The summed E-state index contributed by atoms with van der Waals surface area (Å²) >= 11 is 8.82. The van der Waals surface area contributed by atoms with Crippen molar-refractivity contribution in [1.29, 1.82) is 0 Å². The van der Waals surface area contributed by atoms with Crippen LogP contribution >= 0.6 is 27.5 Å². The monoisotopic (exact) mass is 374 g/mol. The Kier molecular flexibility index (Phi) is 4.53. The van der Waals surface area contributed by atoms with Crippen LogP contribution in [0.1, 0.15) is 6.92 Å². The molecule has 0 unspecified atom stereocenters. The first-order chi connectivity index (χ1) is 9.92. The van der Waals surface area contributed by atoms with Crippen LogP contribution in [0.4, 0.5) is 10.5 Å². The maximum atomic E-state index is 11.5. The molecule has 0 aliphatic carbocycles. The molecule has 1 aromatic carbocycles. The number of carbonyl (C=O) groups excluding carboxylic acids is 1. The van der Waals surface area contributed by atoms with Gasteiger partial charge in [-0.3, -0.25) is 10.1 Å². The van der Waals surface area contributed by atoms with Crippen LogP contribution in [0.25, 0.3) is 10.9 Å². The number of nitro groups is 1. The Labute approximate surface area is 131 Å². The fourth-order valence-electron chi connectivity index (χ4n) is 1.57. The lowest BCUT2D eigenvalue weighted by atomic mass is 10.2. The van der Waals surface area contributed by atoms with Gasteiger partial charge < -0.3 is 10.1 Å². The van der Waals surface area contributed by atoms with E-state index >= 15 is 0 Å². The van der Waals surface area contributed by atoms with Crippen LogP contribution in [-0.2, 0) is 0 Å². The summed E-state index contributed by atoms with van der Waals surface area (Å²) in [4.78, 5) is 29.5. The average molecular weight is 376 g/mol. The van der Waals surface area contributed by atoms with Gasteiger partial charge >= 0.3 is 6.09 Å². The van der Waals surface area contributed by atoms with Crippen molar-refractivity contribution in [2.75, 3.05) is 6.54 Å². The molecule has 1 N–H and O–H groups in total. The Morgan fingerprint density at radius 1 is 1.52 bits per heavy atom. The zero-order valence-electron chi connectivity index (χ0n) is 10.6. The highest BCUT2D eigenvalue weighted by Crippen LogP contribution is 2.33. The molecule has 0 radical (unpaired) electrons. The summed E-state index contributed by atoms with van der Waals surface area (Å²) in [5, 5.41) is 13.5. The number of hydrogen-bond donors (Lipinski definition) is 1. The second kappa shape index (κ2) is 6.19. The normalized spacial score (nSPS) is 10.4. The van der Waals surface area contributed by atoms with Gasteiger partial charge in [-0.2, -0.15) is 4.98 Å². The van der Waals surface area contributed by atoms with Gasteiger partial charge in [-0.1, -0.05) is 0 Å². The highest BCUT2D eigenvalue weighted by Gasteiger charge is 2.18. The predicted octanol–water partition coefficient (Wildman–Crippen LogP) is 3.06. The van der Waals surface area contributed by atoms with Gasteiger partial charge in [-0.05, 0) is 40.5 Å². The third kappa shape index (κ3) is 3.37. The molecule has 2 rings (SSSR count). The smallest absolute Gasteiger partial charge is 0.390 e. The molecule has 1 aromatic heterocycles. The molecule has 10 heteroatoms. The number of benzene rings is 1. The Morgan fingerprint density at radius 2 is 2.24 bits per heavy atom. The lowest BCUT2D eigenvalue weighted by Gasteiger charge is -2.07. The number of halogens is 2. The lowest BCUT2D eigenvalue weighted by molar-refractivity contribution is -0.385. The molecule has 0 bridgehead atoms. The molecule has 110 valence electrons. The quantitative estimate of drug-likeness (QED) is 0.502. The highest BCUT2D eigenvalue weighted by molar-refractivity contribution is 9.10. The zero-order valence-corrected chi connectivity index (χ0v) is 12.9. The minimum absolute atomic E-state index is 0.0773. The second-order valence-corrected chi connectivity index (χ2v) is 4.99. The number of carbonyl (C=O) groups is 1. The Hall–Kier alpha value is -2.00. The van der Waals surface area contributed by atoms with Gasteiger partial charge in [-0.15, -0.1) is 0 Å². The Morgan fingerprint density at radius 3 is 2.86 bits per heavy atom. The summed E-state index contributed by atoms with van der Waals surface area (Å²) < 4.78 is 5.24. The third-order valence-corrected chi connectivity index (χ3v) is 3.21. The number of aromatic nitrogens is 2. The number of nitro benzene ring substituents is 1. The largest absolute Gasteiger partial charge is 0.413 e. The minimum atomic E-state index is -0.706. The number of amides is 1. The number of hydrogen-bond acceptors (Lipinski definition) is 6. The van der Waals surface area contributed by atoms with E-state index in [2.05, 4.69) is 31.2 Å². The summed E-state index contributed by atoms with van der Waals surface area (Å²) in [6, 6.07) is 2.62. The average Bonchev–Trinajstić information content (AvgIpc) is 2.38. The molecule has 0 spiro atoms. The van der Waals surface area contributed by atoms with Gasteiger partial charge in [0, 0.05) is 12.6 Å². The van der Waals surface area contributed by atoms with Crippen LogP contribution in [0.5, 0.6) is 5.88 Å². The topological polar surface area (TPSA) is 107 Å². The van der Waals surface area contributed by atoms with Gasteiger partial charge in [0.25, 0.3) is 5.69 Å². The maximum absolute atomic E-state index is 11.5. The van der Waals surface area contributed by atoms with Crippen LogP contribution < -0.4 is 10.1 Å². The van der Waals surface area contributed by atoms with Gasteiger partial charge in [0.05, 0.1) is 20.3 Å². The van der Waals surface area contributed by atoms with Crippen LogP contribution in [0, 0.1) is 10.1 Å². The van der Waals surface area contributed by atoms with Crippen LogP contribution in [0.3, 0.4) is 0 Å². The van der Waals surface area contributed by atoms with Gasteiger partial charge in [0.15, 0.2) is 0 Å². The standard InChI is InChI=1S/C11H8BrClN4O4/c1-2-14-11(18)21-9-5-3-6(12)8(17(19)20)4-7(5)15-10(13)16-9/h3-4H,2H2,1H3,(H,14,18). The van der Waals surface area contributed by atoms with E-state index in [9.17, 15) is 14.9 Å². The van der Waals surface area contributed by atoms with Crippen molar-refractivity contribution in [2.24, 2.45) is 0 Å². The molecule has 2 aromatic rings. The van der Waals surface area contributed by atoms with E-state index in [-0.39, 0.29) is 26.8 Å². The van der Waals surface area contributed by atoms with Crippen LogP contribution in [0.2, 0.25) is 5.28 Å². The first-order valence-electron chi connectivity index (χ1n) is 5.69. The molecule has 8 nitrogen and oxygen atoms in total. The molecule has 1 heterocycles. The van der Waals surface area contributed by atoms with Crippen molar-refractivity contribution in [1.82, 2.24) is 15.3 Å². The van der Waals surface area contributed by atoms with Crippen molar-refractivity contribution in [3.05, 3.63) is 32.0 Å². The van der Waals surface area contributed by atoms with E-state index < -0.39 is 11.0 Å².